The molecule has 0 spiro atoms. The van der Waals surface area contributed by atoms with Gasteiger partial charge in [-0.1, -0.05) is 30.7 Å². The van der Waals surface area contributed by atoms with Gasteiger partial charge < -0.3 is 10.4 Å². The lowest BCUT2D eigenvalue weighted by atomic mass is 10.0. The van der Waals surface area contributed by atoms with E-state index in [0.717, 1.165) is 13.0 Å². The molecule has 0 amide bonds. The van der Waals surface area contributed by atoms with E-state index in [4.69, 9.17) is 5.11 Å². The molecule has 3 heteroatoms. The molecule has 0 aromatic heterocycles. The monoisotopic (exact) mass is 249 g/mol. The largest absolute Gasteiger partial charge is 0.481 e. The molecule has 1 atom stereocenters. The fourth-order valence-corrected chi connectivity index (χ4v) is 2.03. The summed E-state index contributed by atoms with van der Waals surface area (Å²) >= 11 is 0. The van der Waals surface area contributed by atoms with Crippen LogP contribution in [0.3, 0.4) is 0 Å². The third-order valence-corrected chi connectivity index (χ3v) is 3.30. The third-order valence-electron chi connectivity index (χ3n) is 3.30. The highest BCUT2D eigenvalue weighted by molar-refractivity contribution is 5.70. The van der Waals surface area contributed by atoms with Crippen LogP contribution in [-0.4, -0.2) is 24.2 Å². The first-order chi connectivity index (χ1) is 8.54. The highest BCUT2D eigenvalue weighted by atomic mass is 16.4. The average molecular weight is 249 g/mol. The minimum Gasteiger partial charge on any atom is -0.481 e. The van der Waals surface area contributed by atoms with Gasteiger partial charge in [0.2, 0.25) is 0 Å². The van der Waals surface area contributed by atoms with Crippen LogP contribution in [0.4, 0.5) is 0 Å². The molecule has 100 valence electrons. The van der Waals surface area contributed by atoms with Gasteiger partial charge in [-0.2, -0.15) is 0 Å². The Hall–Kier alpha value is -1.35. The predicted molar refractivity (Wildman–Crippen MR) is 73.9 cm³/mol. The number of aliphatic carboxylic acids is 1. The lowest BCUT2D eigenvalue weighted by Gasteiger charge is -2.12. The van der Waals surface area contributed by atoms with Crippen LogP contribution in [0.2, 0.25) is 0 Å². The van der Waals surface area contributed by atoms with Crippen LogP contribution in [0.15, 0.2) is 18.2 Å². The van der Waals surface area contributed by atoms with E-state index in [1.54, 1.807) is 0 Å². The summed E-state index contributed by atoms with van der Waals surface area (Å²) in [6.45, 7) is 7.50. The van der Waals surface area contributed by atoms with Crippen molar-refractivity contribution in [2.45, 2.75) is 33.6 Å². The van der Waals surface area contributed by atoms with Gasteiger partial charge in [-0.15, -0.1) is 0 Å². The van der Waals surface area contributed by atoms with Gasteiger partial charge in [0, 0.05) is 6.54 Å². The third kappa shape index (κ3) is 4.49. The number of rotatable bonds is 7. The Morgan fingerprint density at radius 3 is 2.67 bits per heavy atom. The molecule has 0 fully saturated rings. The molecule has 0 saturated carbocycles. The zero-order valence-electron chi connectivity index (χ0n) is 11.5. The SMILES string of the molecule is CCC(CNCCc1ccc(C)cc1C)C(=O)O. The lowest BCUT2D eigenvalue weighted by Crippen LogP contribution is -2.29. The van der Waals surface area contributed by atoms with E-state index >= 15 is 0 Å². The van der Waals surface area contributed by atoms with Crippen LogP contribution in [0.5, 0.6) is 0 Å². The number of benzene rings is 1. The van der Waals surface area contributed by atoms with E-state index < -0.39 is 5.97 Å². The van der Waals surface area contributed by atoms with Crippen LogP contribution < -0.4 is 5.32 Å². The van der Waals surface area contributed by atoms with Gasteiger partial charge >= 0.3 is 5.97 Å². The molecule has 18 heavy (non-hydrogen) atoms. The van der Waals surface area contributed by atoms with E-state index in [0.29, 0.717) is 13.0 Å². The topological polar surface area (TPSA) is 49.3 Å². The Morgan fingerprint density at radius 1 is 1.39 bits per heavy atom. The van der Waals surface area contributed by atoms with E-state index in [2.05, 4.69) is 37.4 Å². The second-order valence-corrected chi connectivity index (χ2v) is 4.83. The van der Waals surface area contributed by atoms with Crippen molar-refractivity contribution in [1.29, 1.82) is 0 Å². The molecule has 1 aromatic carbocycles. The Labute approximate surface area is 109 Å². The molecule has 0 bridgehead atoms. The first kappa shape index (κ1) is 14.7. The number of carboxylic acids is 1. The summed E-state index contributed by atoms with van der Waals surface area (Å²) in [5, 5.41) is 12.2. The zero-order valence-corrected chi connectivity index (χ0v) is 11.5. The maximum atomic E-state index is 10.8. The molecular weight excluding hydrogens is 226 g/mol. The van der Waals surface area contributed by atoms with Crippen molar-refractivity contribution < 1.29 is 9.90 Å². The van der Waals surface area contributed by atoms with Gasteiger partial charge in [-0.05, 0) is 44.4 Å². The second kappa shape index (κ2) is 7.17. The fraction of sp³-hybridized carbons (Fsp3) is 0.533. The van der Waals surface area contributed by atoms with E-state index in [1.165, 1.54) is 16.7 Å². The molecule has 0 aliphatic rings. The summed E-state index contributed by atoms with van der Waals surface area (Å²) in [6.07, 6.45) is 1.62. The quantitative estimate of drug-likeness (QED) is 0.730. The second-order valence-electron chi connectivity index (χ2n) is 4.83. The van der Waals surface area contributed by atoms with E-state index in [1.807, 2.05) is 6.92 Å². The maximum absolute atomic E-state index is 10.8. The van der Waals surface area contributed by atoms with Gasteiger partial charge in [-0.25, -0.2) is 0 Å². The predicted octanol–water partition coefficient (Wildman–Crippen LogP) is 2.55. The van der Waals surface area contributed by atoms with Gasteiger partial charge in [0.05, 0.1) is 5.92 Å². The van der Waals surface area contributed by atoms with Crippen molar-refractivity contribution in [1.82, 2.24) is 5.32 Å². The molecule has 1 unspecified atom stereocenters. The van der Waals surface area contributed by atoms with Gasteiger partial charge in [0.15, 0.2) is 0 Å². The maximum Gasteiger partial charge on any atom is 0.307 e. The summed E-state index contributed by atoms with van der Waals surface area (Å²) in [5.74, 6) is -0.986. The van der Waals surface area contributed by atoms with Gasteiger partial charge in [0.25, 0.3) is 0 Å². The lowest BCUT2D eigenvalue weighted by molar-refractivity contribution is -0.141. The minimum atomic E-state index is -0.712. The van der Waals surface area contributed by atoms with Crippen molar-refractivity contribution in [2.24, 2.45) is 5.92 Å². The summed E-state index contributed by atoms with van der Waals surface area (Å²) in [5.41, 5.74) is 3.92. The van der Waals surface area contributed by atoms with Crippen molar-refractivity contribution >= 4 is 5.97 Å². The summed E-state index contributed by atoms with van der Waals surface area (Å²) < 4.78 is 0. The number of carbonyl (C=O) groups is 1. The van der Waals surface area contributed by atoms with E-state index in [9.17, 15) is 4.79 Å². The van der Waals surface area contributed by atoms with Crippen LogP contribution in [0.1, 0.15) is 30.0 Å². The molecule has 0 aliphatic heterocycles. The molecule has 2 N–H and O–H groups in total. The average Bonchev–Trinajstić information content (AvgIpc) is 2.31. The Morgan fingerprint density at radius 2 is 2.11 bits per heavy atom. The molecule has 0 radical (unpaired) electrons. The van der Waals surface area contributed by atoms with Crippen molar-refractivity contribution in [3.63, 3.8) is 0 Å². The standard InChI is InChI=1S/C15H23NO2/c1-4-13(15(17)18)10-16-8-7-14-6-5-11(2)9-12(14)3/h5-6,9,13,16H,4,7-8,10H2,1-3H3,(H,17,18). The number of hydrogen-bond acceptors (Lipinski definition) is 2. The summed E-state index contributed by atoms with van der Waals surface area (Å²) in [7, 11) is 0. The molecule has 1 aromatic rings. The number of hydrogen-bond donors (Lipinski definition) is 2. The highest BCUT2D eigenvalue weighted by Gasteiger charge is 2.13. The summed E-state index contributed by atoms with van der Waals surface area (Å²) in [6, 6.07) is 6.46. The molecule has 0 aliphatic carbocycles. The van der Waals surface area contributed by atoms with Gasteiger partial charge in [0.1, 0.15) is 0 Å². The normalized spacial score (nSPS) is 12.4. The van der Waals surface area contributed by atoms with Crippen LogP contribution in [0.25, 0.3) is 0 Å². The van der Waals surface area contributed by atoms with Crippen LogP contribution >= 0.6 is 0 Å². The Bertz CT molecular complexity index is 401. The minimum absolute atomic E-state index is 0.274. The van der Waals surface area contributed by atoms with Crippen molar-refractivity contribution in [2.75, 3.05) is 13.1 Å². The molecule has 0 heterocycles. The smallest absolute Gasteiger partial charge is 0.307 e. The fourth-order valence-electron chi connectivity index (χ4n) is 2.03. The summed E-state index contributed by atoms with van der Waals surface area (Å²) in [4.78, 5) is 10.8. The zero-order chi connectivity index (χ0) is 13.5. The number of aryl methyl sites for hydroxylation is 2. The molecule has 1 rings (SSSR count). The number of carboxylic acid groups (broad SMARTS) is 1. The first-order valence-corrected chi connectivity index (χ1v) is 6.54. The van der Waals surface area contributed by atoms with E-state index in [-0.39, 0.29) is 5.92 Å². The van der Waals surface area contributed by atoms with Crippen molar-refractivity contribution in [3.05, 3.63) is 34.9 Å². The molecule has 0 saturated heterocycles. The van der Waals surface area contributed by atoms with Crippen molar-refractivity contribution in [3.8, 4) is 0 Å². The molecule has 3 nitrogen and oxygen atoms in total. The van der Waals surface area contributed by atoms with Gasteiger partial charge in [-0.3, -0.25) is 4.79 Å². The Balaban J connectivity index is 2.35. The first-order valence-electron chi connectivity index (χ1n) is 6.54. The van der Waals surface area contributed by atoms with Crippen LogP contribution in [0, 0.1) is 19.8 Å². The number of nitrogens with one attached hydrogen (secondary N) is 1. The van der Waals surface area contributed by atoms with Crippen LogP contribution in [-0.2, 0) is 11.2 Å². The molecular formula is C15H23NO2. The highest BCUT2D eigenvalue weighted by Crippen LogP contribution is 2.10. The Kier molecular flexibility index (Phi) is 5.86.